The van der Waals surface area contributed by atoms with Gasteiger partial charge in [0.15, 0.2) is 5.78 Å². The fourth-order valence-electron chi connectivity index (χ4n) is 9.03. The van der Waals surface area contributed by atoms with Gasteiger partial charge in [-0.2, -0.15) is 0 Å². The van der Waals surface area contributed by atoms with Crippen molar-refractivity contribution in [1.29, 1.82) is 0 Å². The normalized spacial score (nSPS) is 32.4. The second kappa shape index (κ2) is 16.2. The SMILES string of the molecule is CC(=O)OC[C@]1(O)[C@H](O)C[C@H](O)[C@@]2(C)C(=O)[C@H](O)C3=C(C)[C@@H](OC(=O)C[C@@H](NC(=O)OC(C)(C)C)c4ccccc4)C[C@@](O)([C@@H](OC(=O)c4ccccc4)[C@H]12)C3(C)C. The van der Waals surface area contributed by atoms with E-state index in [1.54, 1.807) is 69.3 Å². The minimum absolute atomic E-state index is 0.00892. The van der Waals surface area contributed by atoms with Crippen LogP contribution in [0.2, 0.25) is 0 Å². The van der Waals surface area contributed by atoms with Gasteiger partial charge >= 0.3 is 24.0 Å². The average Bonchev–Trinajstić information content (AvgIpc) is 3.14. The van der Waals surface area contributed by atoms with Crippen molar-refractivity contribution in [3.05, 3.63) is 82.9 Å². The van der Waals surface area contributed by atoms with Gasteiger partial charge in [-0.05, 0) is 63.5 Å². The number of benzene rings is 2. The van der Waals surface area contributed by atoms with Crippen LogP contribution >= 0.6 is 0 Å². The molecule has 2 aromatic rings. The monoisotopic (exact) mass is 809 g/mol. The van der Waals surface area contributed by atoms with E-state index in [1.807, 2.05) is 0 Å². The van der Waals surface area contributed by atoms with Gasteiger partial charge in [0.05, 0.1) is 35.6 Å². The summed E-state index contributed by atoms with van der Waals surface area (Å²) < 4.78 is 22.9. The van der Waals surface area contributed by atoms with Crippen molar-refractivity contribution in [3.8, 4) is 0 Å². The number of amides is 1. The van der Waals surface area contributed by atoms with Crippen LogP contribution in [0.4, 0.5) is 4.79 Å². The Hall–Kier alpha value is -4.67. The molecule has 2 saturated carbocycles. The number of alkyl carbamates (subject to hydrolysis) is 1. The van der Waals surface area contributed by atoms with E-state index >= 15 is 0 Å². The number of nitrogens with one attached hydrogen (secondary N) is 1. The maximum Gasteiger partial charge on any atom is 0.408 e. The zero-order valence-corrected chi connectivity index (χ0v) is 34.1. The van der Waals surface area contributed by atoms with Crippen LogP contribution in [0.25, 0.3) is 0 Å². The molecule has 5 rings (SSSR count). The molecular weight excluding hydrogens is 754 g/mol. The maximum atomic E-state index is 14.8. The molecule has 3 aliphatic carbocycles. The first-order chi connectivity index (χ1) is 26.9. The topological polar surface area (TPSA) is 235 Å². The highest BCUT2D eigenvalue weighted by Crippen LogP contribution is 2.61. The molecule has 0 radical (unpaired) electrons. The molecule has 0 unspecified atom stereocenters. The van der Waals surface area contributed by atoms with Crippen molar-refractivity contribution in [2.24, 2.45) is 16.7 Å². The maximum absolute atomic E-state index is 14.8. The molecule has 2 aromatic carbocycles. The van der Waals surface area contributed by atoms with Gasteiger partial charge in [-0.25, -0.2) is 9.59 Å². The molecule has 2 fully saturated rings. The van der Waals surface area contributed by atoms with E-state index in [2.05, 4.69) is 5.32 Å². The lowest BCUT2D eigenvalue weighted by Gasteiger charge is -2.63. The van der Waals surface area contributed by atoms with Gasteiger partial charge in [0.1, 0.15) is 41.7 Å². The molecule has 0 aliphatic heterocycles. The lowest BCUT2D eigenvalue weighted by atomic mass is 9.45. The summed E-state index contributed by atoms with van der Waals surface area (Å²) in [5.41, 5.74) is -9.29. The Morgan fingerprint density at radius 1 is 0.897 bits per heavy atom. The highest BCUT2D eigenvalue weighted by molar-refractivity contribution is 5.94. The van der Waals surface area contributed by atoms with E-state index < -0.39 is 126 Å². The number of carbonyl (C=O) groups excluding carboxylic acids is 5. The molecule has 2 bridgehead atoms. The number of Topliss-reactive ketones (excluding diaryl/α,β-unsaturated/α-hetero) is 1. The number of fused-ring (bicyclic) bond motifs is 3. The summed E-state index contributed by atoms with van der Waals surface area (Å²) in [6.07, 6.45) is -11.6. The third kappa shape index (κ3) is 8.15. The quantitative estimate of drug-likeness (QED) is 0.121. The predicted molar refractivity (Wildman–Crippen MR) is 206 cm³/mol. The van der Waals surface area contributed by atoms with Crippen LogP contribution in [0, 0.1) is 16.7 Å². The van der Waals surface area contributed by atoms with Crippen molar-refractivity contribution in [3.63, 3.8) is 0 Å². The van der Waals surface area contributed by atoms with E-state index in [-0.39, 0.29) is 16.7 Å². The van der Waals surface area contributed by atoms with Gasteiger partial charge in [0.2, 0.25) is 0 Å². The first-order valence-electron chi connectivity index (χ1n) is 19.3. The Kier molecular flexibility index (Phi) is 12.4. The first kappa shape index (κ1) is 44.4. The number of aliphatic hydroxyl groups is 5. The summed E-state index contributed by atoms with van der Waals surface area (Å²) in [6.45, 7) is 10.9. The molecule has 10 atom stereocenters. The molecule has 1 amide bonds. The Labute approximate surface area is 337 Å². The third-order valence-corrected chi connectivity index (χ3v) is 12.2. The zero-order chi connectivity index (χ0) is 43.2. The third-order valence-electron chi connectivity index (χ3n) is 12.2. The van der Waals surface area contributed by atoms with E-state index in [0.717, 1.165) is 6.92 Å². The smallest absolute Gasteiger partial charge is 0.408 e. The van der Waals surface area contributed by atoms with Gasteiger partial charge in [-0.3, -0.25) is 14.4 Å². The van der Waals surface area contributed by atoms with Gasteiger partial charge in [-0.15, -0.1) is 0 Å². The Bertz CT molecular complexity index is 1920. The first-order valence-corrected chi connectivity index (χ1v) is 19.3. The van der Waals surface area contributed by atoms with Crippen LogP contribution in [0.3, 0.4) is 0 Å². The molecule has 6 N–H and O–H groups in total. The largest absolute Gasteiger partial charge is 0.463 e. The minimum Gasteiger partial charge on any atom is -0.463 e. The van der Waals surface area contributed by atoms with Gasteiger partial charge < -0.3 is 49.8 Å². The van der Waals surface area contributed by atoms with Crippen LogP contribution in [0.1, 0.15) is 96.6 Å². The van der Waals surface area contributed by atoms with Crippen molar-refractivity contribution in [1.82, 2.24) is 5.32 Å². The fraction of sp³-hybridized carbons (Fsp3) is 0.558. The summed E-state index contributed by atoms with van der Waals surface area (Å²) >= 11 is 0. The van der Waals surface area contributed by atoms with E-state index in [4.69, 9.17) is 18.9 Å². The molecule has 58 heavy (non-hydrogen) atoms. The van der Waals surface area contributed by atoms with Crippen LogP contribution in [0.15, 0.2) is 71.8 Å². The number of carbonyl (C=O) groups is 5. The second-order valence-electron chi connectivity index (χ2n) is 17.4. The summed E-state index contributed by atoms with van der Waals surface area (Å²) in [7, 11) is 0. The number of ketones is 1. The Balaban J connectivity index is 1.66. The molecule has 0 spiro atoms. The van der Waals surface area contributed by atoms with Crippen LogP contribution < -0.4 is 5.32 Å². The Morgan fingerprint density at radius 3 is 2.05 bits per heavy atom. The fourth-order valence-corrected chi connectivity index (χ4v) is 9.03. The standard InChI is InChI=1S/C43H55NO14/c1-23-28(56-31(48)19-27(25-15-11-9-12-16-25)44-38(52)58-39(3,4)5)21-43(54)36(57-37(51)26-17-13-10-14-18-26)34-41(8,35(50)33(49)32(23)40(43,6)7)29(46)20-30(47)42(34,53)22-55-24(2)45/h9-18,27-30,33-34,36,46-47,49,53-54H,19-22H2,1-8H3,(H,44,52)/t27-,28+,29+,30-,33-,34+,36+,41-,42+,43-/m1/s1. The number of esters is 3. The number of aliphatic hydroxyl groups excluding tert-OH is 3. The van der Waals surface area contributed by atoms with Gasteiger partial charge in [0, 0.05) is 31.1 Å². The van der Waals surface area contributed by atoms with Gasteiger partial charge in [0.25, 0.3) is 0 Å². The summed E-state index contributed by atoms with van der Waals surface area (Å²) in [4.78, 5) is 67.9. The number of rotatable bonds is 9. The van der Waals surface area contributed by atoms with E-state index in [9.17, 15) is 49.5 Å². The Morgan fingerprint density at radius 2 is 1.48 bits per heavy atom. The van der Waals surface area contributed by atoms with Crippen LogP contribution in [-0.2, 0) is 33.3 Å². The highest BCUT2D eigenvalue weighted by atomic mass is 16.6. The van der Waals surface area contributed by atoms with Crippen molar-refractivity contribution in [2.75, 3.05) is 6.61 Å². The average molecular weight is 810 g/mol. The number of ether oxygens (including phenoxy) is 4. The predicted octanol–water partition coefficient (Wildman–Crippen LogP) is 3.24. The second-order valence-corrected chi connectivity index (χ2v) is 17.4. The molecule has 3 aliphatic rings. The molecule has 0 heterocycles. The minimum atomic E-state index is -2.67. The lowest BCUT2D eigenvalue weighted by Crippen LogP contribution is -2.78. The zero-order valence-electron chi connectivity index (χ0n) is 34.1. The molecular formula is C43H55NO14. The van der Waals surface area contributed by atoms with Crippen molar-refractivity contribution in [2.45, 2.75) is 128 Å². The summed E-state index contributed by atoms with van der Waals surface area (Å²) in [6, 6.07) is 15.3. The number of hydrogen-bond acceptors (Lipinski definition) is 14. The van der Waals surface area contributed by atoms with E-state index in [0.29, 0.717) is 5.56 Å². The van der Waals surface area contributed by atoms with Crippen molar-refractivity contribution >= 4 is 29.8 Å². The molecule has 0 saturated heterocycles. The van der Waals surface area contributed by atoms with E-state index in [1.165, 1.54) is 39.8 Å². The molecule has 15 nitrogen and oxygen atoms in total. The number of hydrogen-bond donors (Lipinski definition) is 6. The van der Waals surface area contributed by atoms with Crippen LogP contribution in [-0.4, -0.2) is 109 Å². The summed E-state index contributed by atoms with van der Waals surface area (Å²) in [5, 5.41) is 63.8. The van der Waals surface area contributed by atoms with Crippen molar-refractivity contribution < 1.29 is 68.5 Å². The highest BCUT2D eigenvalue weighted by Gasteiger charge is 2.74. The van der Waals surface area contributed by atoms with Gasteiger partial charge in [-0.1, -0.05) is 62.4 Å². The lowest BCUT2D eigenvalue weighted by molar-refractivity contribution is -0.286. The molecule has 0 aromatic heterocycles. The molecule has 316 valence electrons. The molecule has 15 heteroatoms. The summed E-state index contributed by atoms with van der Waals surface area (Å²) in [5.74, 6) is -5.76. The van der Waals surface area contributed by atoms with Crippen LogP contribution in [0.5, 0.6) is 0 Å².